The Kier molecular flexibility index (Phi) is 4.75. The van der Waals surface area contributed by atoms with Gasteiger partial charge in [-0.2, -0.15) is 0 Å². The Bertz CT molecular complexity index is 603. The number of hydrogen-bond acceptors (Lipinski definition) is 2. The number of carboxylic acid groups (broad SMARTS) is 1. The predicted octanol–water partition coefficient (Wildman–Crippen LogP) is 3.33. The smallest absolute Gasteiger partial charge is 0.306 e. The molecule has 22 heavy (non-hydrogen) atoms. The van der Waals surface area contributed by atoms with Gasteiger partial charge < -0.3 is 10.4 Å². The molecule has 0 unspecified atom stereocenters. The third-order valence-corrected chi connectivity index (χ3v) is 4.51. The first-order valence-corrected chi connectivity index (χ1v) is 7.59. The first-order valence-electron chi connectivity index (χ1n) is 7.21. The highest BCUT2D eigenvalue weighted by molar-refractivity contribution is 6.30. The zero-order valence-electron chi connectivity index (χ0n) is 12.5. The van der Waals surface area contributed by atoms with Gasteiger partial charge in [0.25, 0.3) is 0 Å². The largest absolute Gasteiger partial charge is 0.481 e. The SMILES string of the molecule is CC(C)(NC(=O)[C@@H]1CC[C@H](C(=O)O)C1)c1cccc(Cl)c1F. The van der Waals surface area contributed by atoms with Crippen LogP contribution in [-0.4, -0.2) is 17.0 Å². The molecule has 0 aliphatic heterocycles. The monoisotopic (exact) mass is 327 g/mol. The molecule has 1 aromatic rings. The Morgan fingerprint density at radius 3 is 2.55 bits per heavy atom. The minimum absolute atomic E-state index is 0.00614. The van der Waals surface area contributed by atoms with E-state index in [1.54, 1.807) is 26.0 Å². The van der Waals surface area contributed by atoms with Crippen molar-refractivity contribution >= 4 is 23.5 Å². The average Bonchev–Trinajstić information content (AvgIpc) is 2.91. The van der Waals surface area contributed by atoms with Gasteiger partial charge >= 0.3 is 5.97 Å². The summed E-state index contributed by atoms with van der Waals surface area (Å²) in [6.45, 7) is 3.40. The Labute approximate surface area is 133 Å². The normalized spacial score (nSPS) is 21.6. The molecule has 0 bridgehead atoms. The summed E-state index contributed by atoms with van der Waals surface area (Å²) >= 11 is 5.78. The van der Waals surface area contributed by atoms with E-state index in [1.165, 1.54) is 6.07 Å². The number of rotatable bonds is 4. The number of amides is 1. The van der Waals surface area contributed by atoms with Crippen LogP contribution in [0.4, 0.5) is 4.39 Å². The fourth-order valence-electron chi connectivity index (χ4n) is 2.91. The maximum Gasteiger partial charge on any atom is 0.306 e. The molecule has 2 N–H and O–H groups in total. The van der Waals surface area contributed by atoms with Crippen molar-refractivity contribution in [1.82, 2.24) is 5.32 Å². The molecular formula is C16H19ClFNO3. The topological polar surface area (TPSA) is 66.4 Å². The van der Waals surface area contributed by atoms with Gasteiger partial charge in [-0.05, 0) is 39.2 Å². The van der Waals surface area contributed by atoms with Gasteiger partial charge in [0.2, 0.25) is 5.91 Å². The molecule has 0 saturated heterocycles. The van der Waals surface area contributed by atoms with Crippen LogP contribution in [-0.2, 0) is 15.1 Å². The van der Waals surface area contributed by atoms with Crippen LogP contribution in [0.5, 0.6) is 0 Å². The number of halogens is 2. The predicted molar refractivity (Wildman–Crippen MR) is 81.0 cm³/mol. The van der Waals surface area contributed by atoms with Gasteiger partial charge in [-0.3, -0.25) is 9.59 Å². The van der Waals surface area contributed by atoms with Gasteiger partial charge in [-0.25, -0.2) is 4.39 Å². The lowest BCUT2D eigenvalue weighted by atomic mass is 9.92. The van der Waals surface area contributed by atoms with Crippen molar-refractivity contribution in [3.05, 3.63) is 34.6 Å². The van der Waals surface area contributed by atoms with E-state index >= 15 is 0 Å². The quantitative estimate of drug-likeness (QED) is 0.891. The number of carbonyl (C=O) groups excluding carboxylic acids is 1. The second-order valence-electron chi connectivity index (χ2n) is 6.26. The van der Waals surface area contributed by atoms with Crippen molar-refractivity contribution in [2.75, 3.05) is 0 Å². The molecule has 4 nitrogen and oxygen atoms in total. The minimum atomic E-state index is -0.923. The summed E-state index contributed by atoms with van der Waals surface area (Å²) in [6, 6.07) is 4.66. The van der Waals surface area contributed by atoms with Crippen LogP contribution in [0.1, 0.15) is 38.7 Å². The van der Waals surface area contributed by atoms with Crippen LogP contribution < -0.4 is 5.32 Å². The standard InChI is InChI=1S/C16H19ClFNO3/c1-16(2,11-4-3-5-12(17)13(11)18)19-14(20)9-6-7-10(8-9)15(21)22/h3-5,9-10H,6-8H2,1-2H3,(H,19,20)(H,21,22)/t9-,10+/m1/s1. The summed E-state index contributed by atoms with van der Waals surface area (Å²) in [5.41, 5.74) is -0.617. The van der Waals surface area contributed by atoms with E-state index in [4.69, 9.17) is 16.7 Å². The second-order valence-corrected chi connectivity index (χ2v) is 6.67. The summed E-state index contributed by atoms with van der Waals surface area (Å²) in [7, 11) is 0. The zero-order valence-corrected chi connectivity index (χ0v) is 13.3. The molecule has 1 aliphatic carbocycles. The molecule has 0 spiro atoms. The number of aliphatic carboxylic acids is 1. The molecule has 1 fully saturated rings. The maximum atomic E-state index is 14.1. The molecule has 2 rings (SSSR count). The molecule has 2 atom stereocenters. The van der Waals surface area contributed by atoms with Crippen LogP contribution in [0.15, 0.2) is 18.2 Å². The van der Waals surface area contributed by atoms with Crippen LogP contribution in [0.2, 0.25) is 5.02 Å². The van der Waals surface area contributed by atoms with Crippen LogP contribution in [0, 0.1) is 17.7 Å². The van der Waals surface area contributed by atoms with Crippen molar-refractivity contribution in [2.24, 2.45) is 11.8 Å². The van der Waals surface area contributed by atoms with Gasteiger partial charge in [-0.15, -0.1) is 0 Å². The third kappa shape index (κ3) is 3.40. The molecule has 0 radical (unpaired) electrons. The first-order chi connectivity index (χ1) is 10.2. The minimum Gasteiger partial charge on any atom is -0.481 e. The van der Waals surface area contributed by atoms with E-state index < -0.39 is 23.2 Å². The van der Waals surface area contributed by atoms with Crippen molar-refractivity contribution in [3.8, 4) is 0 Å². The molecule has 1 aromatic carbocycles. The number of nitrogens with one attached hydrogen (secondary N) is 1. The highest BCUT2D eigenvalue weighted by Gasteiger charge is 2.36. The van der Waals surface area contributed by atoms with Gasteiger partial charge in [0.05, 0.1) is 16.5 Å². The van der Waals surface area contributed by atoms with E-state index in [9.17, 15) is 14.0 Å². The van der Waals surface area contributed by atoms with Gasteiger partial charge in [-0.1, -0.05) is 23.7 Å². The zero-order chi connectivity index (χ0) is 16.5. The van der Waals surface area contributed by atoms with E-state index in [1.807, 2.05) is 0 Å². The third-order valence-electron chi connectivity index (χ3n) is 4.21. The molecular weight excluding hydrogens is 309 g/mol. The Morgan fingerprint density at radius 1 is 1.32 bits per heavy atom. The average molecular weight is 328 g/mol. The molecule has 1 amide bonds. The van der Waals surface area contributed by atoms with Crippen molar-refractivity contribution in [1.29, 1.82) is 0 Å². The van der Waals surface area contributed by atoms with Crippen LogP contribution in [0.25, 0.3) is 0 Å². The number of carbonyl (C=O) groups is 2. The Balaban J connectivity index is 2.10. The van der Waals surface area contributed by atoms with Gasteiger partial charge in [0, 0.05) is 11.5 Å². The number of hydrogen-bond donors (Lipinski definition) is 2. The fourth-order valence-corrected chi connectivity index (χ4v) is 3.08. The van der Waals surface area contributed by atoms with Crippen LogP contribution >= 0.6 is 11.6 Å². The highest BCUT2D eigenvalue weighted by Crippen LogP contribution is 2.33. The van der Waals surface area contributed by atoms with E-state index in [0.29, 0.717) is 24.8 Å². The van der Waals surface area contributed by atoms with Gasteiger partial charge in [0.1, 0.15) is 5.82 Å². The van der Waals surface area contributed by atoms with Crippen molar-refractivity contribution < 1.29 is 19.1 Å². The molecule has 0 aromatic heterocycles. The number of carboxylic acids is 1. The molecule has 1 saturated carbocycles. The van der Waals surface area contributed by atoms with E-state index in [2.05, 4.69) is 5.32 Å². The van der Waals surface area contributed by atoms with Crippen molar-refractivity contribution in [2.45, 2.75) is 38.6 Å². The van der Waals surface area contributed by atoms with Crippen molar-refractivity contribution in [3.63, 3.8) is 0 Å². The van der Waals surface area contributed by atoms with Gasteiger partial charge in [0.15, 0.2) is 0 Å². The molecule has 1 aliphatic rings. The lowest BCUT2D eigenvalue weighted by Crippen LogP contribution is -2.44. The second kappa shape index (κ2) is 6.24. The summed E-state index contributed by atoms with van der Waals surface area (Å²) in [5, 5.41) is 11.8. The lowest BCUT2D eigenvalue weighted by molar-refractivity contribution is -0.141. The summed E-state index contributed by atoms with van der Waals surface area (Å²) in [4.78, 5) is 23.3. The molecule has 120 valence electrons. The first kappa shape index (κ1) is 16.7. The molecule has 0 heterocycles. The molecule has 6 heteroatoms. The van der Waals surface area contributed by atoms with E-state index in [-0.39, 0.29) is 16.8 Å². The Hall–Kier alpha value is -1.62. The Morgan fingerprint density at radius 2 is 1.95 bits per heavy atom. The maximum absolute atomic E-state index is 14.1. The summed E-state index contributed by atoms with van der Waals surface area (Å²) in [5.74, 6) is -2.47. The lowest BCUT2D eigenvalue weighted by Gasteiger charge is -2.29. The van der Waals surface area contributed by atoms with Crippen LogP contribution in [0.3, 0.4) is 0 Å². The fraction of sp³-hybridized carbons (Fsp3) is 0.500. The van der Waals surface area contributed by atoms with E-state index in [0.717, 1.165) is 0 Å². The number of benzene rings is 1. The highest BCUT2D eigenvalue weighted by atomic mass is 35.5. The summed E-state index contributed by atoms with van der Waals surface area (Å²) < 4.78 is 14.1. The summed E-state index contributed by atoms with van der Waals surface area (Å²) in [6.07, 6.45) is 1.37.